The number of benzene rings is 1. The van der Waals surface area contributed by atoms with E-state index in [2.05, 4.69) is 39.1 Å². The van der Waals surface area contributed by atoms with Gasteiger partial charge in [0, 0.05) is 25.3 Å². The first-order valence-electron chi connectivity index (χ1n) is 12.1. The summed E-state index contributed by atoms with van der Waals surface area (Å²) in [5, 5.41) is 17.4. The average Bonchev–Trinajstić information content (AvgIpc) is 3.61. The Morgan fingerprint density at radius 3 is 2.79 bits per heavy atom. The monoisotopic (exact) mass is 442 g/mol. The maximum absolute atomic E-state index is 9.65. The molecule has 8 heteroatoms. The third-order valence-electron chi connectivity index (χ3n) is 7.82. The van der Waals surface area contributed by atoms with Gasteiger partial charge >= 0.3 is 0 Å². The SMILES string of the molecule is CC1(CN)CCN(c2cnc3c(N4CCCc5c4ccc(C#N)c5C4CC4)n[nH]c3n2)CC1. The fraction of sp³-hybridized carbons (Fsp3) is 0.520. The van der Waals surface area contributed by atoms with Crippen molar-refractivity contribution in [3.05, 3.63) is 35.0 Å². The van der Waals surface area contributed by atoms with Crippen LogP contribution < -0.4 is 15.5 Å². The van der Waals surface area contributed by atoms with E-state index in [0.29, 0.717) is 5.92 Å². The molecule has 3 N–H and O–H groups in total. The lowest BCUT2D eigenvalue weighted by Gasteiger charge is -2.39. The van der Waals surface area contributed by atoms with Crippen LogP contribution in [0.15, 0.2) is 18.3 Å². The number of piperidine rings is 1. The van der Waals surface area contributed by atoms with Gasteiger partial charge in [0.15, 0.2) is 17.0 Å². The Morgan fingerprint density at radius 1 is 1.24 bits per heavy atom. The Balaban J connectivity index is 1.33. The molecule has 8 nitrogen and oxygen atoms in total. The quantitative estimate of drug-likeness (QED) is 0.633. The van der Waals surface area contributed by atoms with E-state index in [1.54, 1.807) is 0 Å². The Bertz CT molecular complexity index is 1240. The normalized spacial score (nSPS) is 20.0. The van der Waals surface area contributed by atoms with Gasteiger partial charge in [-0.1, -0.05) is 6.92 Å². The van der Waals surface area contributed by atoms with Crippen LogP contribution >= 0.6 is 0 Å². The van der Waals surface area contributed by atoms with E-state index >= 15 is 0 Å². The van der Waals surface area contributed by atoms with Crippen molar-refractivity contribution in [1.29, 1.82) is 5.26 Å². The minimum absolute atomic E-state index is 0.224. The first-order chi connectivity index (χ1) is 16.1. The molecule has 4 heterocycles. The lowest BCUT2D eigenvalue weighted by molar-refractivity contribution is 0.258. The zero-order chi connectivity index (χ0) is 22.6. The van der Waals surface area contributed by atoms with E-state index in [1.165, 1.54) is 29.7 Å². The van der Waals surface area contributed by atoms with Crippen LogP contribution in [0.4, 0.5) is 17.3 Å². The molecular formula is C25H30N8. The first kappa shape index (κ1) is 20.4. The number of hydrogen-bond donors (Lipinski definition) is 2. The molecule has 33 heavy (non-hydrogen) atoms. The average molecular weight is 443 g/mol. The van der Waals surface area contributed by atoms with E-state index in [0.717, 1.165) is 80.2 Å². The second-order valence-electron chi connectivity index (χ2n) is 10.1. The van der Waals surface area contributed by atoms with Gasteiger partial charge in [-0.25, -0.2) is 9.97 Å². The minimum atomic E-state index is 0.224. The summed E-state index contributed by atoms with van der Waals surface area (Å²) < 4.78 is 0. The number of anilines is 3. The van der Waals surface area contributed by atoms with Crippen molar-refractivity contribution < 1.29 is 0 Å². The summed E-state index contributed by atoms with van der Waals surface area (Å²) in [6.07, 6.45) is 8.44. The number of H-pyrrole nitrogens is 1. The molecule has 0 amide bonds. The molecule has 2 aromatic heterocycles. The highest BCUT2D eigenvalue weighted by molar-refractivity contribution is 5.88. The fourth-order valence-corrected chi connectivity index (χ4v) is 5.46. The van der Waals surface area contributed by atoms with Gasteiger partial charge < -0.3 is 15.5 Å². The topological polar surface area (TPSA) is 111 Å². The molecule has 0 unspecified atom stereocenters. The summed E-state index contributed by atoms with van der Waals surface area (Å²) in [7, 11) is 0. The molecule has 1 aromatic carbocycles. The number of rotatable bonds is 4. The first-order valence-corrected chi connectivity index (χ1v) is 12.1. The van der Waals surface area contributed by atoms with Crippen molar-refractivity contribution in [2.45, 2.75) is 51.4 Å². The molecule has 0 atom stereocenters. The molecule has 1 saturated heterocycles. The predicted molar refractivity (Wildman–Crippen MR) is 129 cm³/mol. The number of hydrogen-bond acceptors (Lipinski definition) is 7. The van der Waals surface area contributed by atoms with Gasteiger partial charge in [-0.2, -0.15) is 10.4 Å². The van der Waals surface area contributed by atoms with Crippen LogP contribution in [0, 0.1) is 16.7 Å². The van der Waals surface area contributed by atoms with Gasteiger partial charge in [0.25, 0.3) is 0 Å². The summed E-state index contributed by atoms with van der Waals surface area (Å²) in [5.41, 5.74) is 12.3. The Kier molecular flexibility index (Phi) is 4.77. The Morgan fingerprint density at radius 2 is 2.06 bits per heavy atom. The Hall–Kier alpha value is -3.18. The highest BCUT2D eigenvalue weighted by atomic mass is 15.3. The van der Waals surface area contributed by atoms with Crippen molar-refractivity contribution in [3.63, 3.8) is 0 Å². The number of nitrogens with zero attached hydrogens (tertiary/aromatic N) is 6. The van der Waals surface area contributed by atoms with Gasteiger partial charge in [-0.05, 0) is 79.7 Å². The van der Waals surface area contributed by atoms with E-state index in [1.807, 2.05) is 12.3 Å². The summed E-state index contributed by atoms with van der Waals surface area (Å²) in [5.74, 6) is 2.26. The third-order valence-corrected chi connectivity index (χ3v) is 7.82. The van der Waals surface area contributed by atoms with Gasteiger partial charge in [0.1, 0.15) is 5.82 Å². The molecule has 3 aliphatic rings. The maximum atomic E-state index is 9.65. The minimum Gasteiger partial charge on any atom is -0.355 e. The van der Waals surface area contributed by atoms with Crippen molar-refractivity contribution >= 4 is 28.5 Å². The number of nitrogens with one attached hydrogen (secondary N) is 1. The van der Waals surface area contributed by atoms with Crippen LogP contribution in [0.25, 0.3) is 11.2 Å². The lowest BCUT2D eigenvalue weighted by atomic mass is 9.80. The van der Waals surface area contributed by atoms with Crippen LogP contribution in [0.5, 0.6) is 0 Å². The van der Waals surface area contributed by atoms with E-state index in [9.17, 15) is 5.26 Å². The molecule has 2 fully saturated rings. The maximum Gasteiger partial charge on any atom is 0.183 e. The molecule has 2 aliphatic heterocycles. The van der Waals surface area contributed by atoms with E-state index in [-0.39, 0.29) is 5.41 Å². The smallest absolute Gasteiger partial charge is 0.183 e. The van der Waals surface area contributed by atoms with Crippen molar-refractivity contribution in [3.8, 4) is 6.07 Å². The number of nitriles is 1. The molecule has 0 radical (unpaired) electrons. The van der Waals surface area contributed by atoms with Crippen molar-refractivity contribution in [2.75, 3.05) is 36.0 Å². The predicted octanol–water partition coefficient (Wildman–Crippen LogP) is 3.75. The van der Waals surface area contributed by atoms with Crippen LogP contribution in [0.3, 0.4) is 0 Å². The zero-order valence-electron chi connectivity index (χ0n) is 19.1. The molecule has 0 bridgehead atoms. The van der Waals surface area contributed by atoms with Crippen molar-refractivity contribution in [2.24, 2.45) is 11.1 Å². The number of nitrogens with two attached hydrogens (primary N) is 1. The number of fused-ring (bicyclic) bond motifs is 2. The molecular weight excluding hydrogens is 412 g/mol. The third kappa shape index (κ3) is 3.42. The fourth-order valence-electron chi connectivity index (χ4n) is 5.46. The molecule has 6 rings (SSSR count). The standard InChI is InChI=1S/C25H30N8/c1-25(15-27)8-11-32(12-9-25)20-14-28-22-23(29-20)30-31-24(22)33-10-2-3-18-19(33)7-6-17(13-26)21(18)16-4-5-16/h6-7,14,16H,2-5,8-12,15,27H2,1H3,(H,29,30,31). The molecule has 0 spiro atoms. The molecule has 1 aliphatic carbocycles. The zero-order valence-corrected chi connectivity index (χ0v) is 19.1. The van der Waals surface area contributed by atoms with E-state index in [4.69, 9.17) is 15.7 Å². The highest BCUT2D eigenvalue weighted by Gasteiger charge is 2.34. The lowest BCUT2D eigenvalue weighted by Crippen LogP contribution is -2.42. The highest BCUT2D eigenvalue weighted by Crippen LogP contribution is 2.48. The number of aromatic amines is 1. The summed E-state index contributed by atoms with van der Waals surface area (Å²) >= 11 is 0. The van der Waals surface area contributed by atoms with Gasteiger partial charge in [0.2, 0.25) is 0 Å². The second-order valence-corrected chi connectivity index (χ2v) is 10.1. The molecule has 170 valence electrons. The van der Waals surface area contributed by atoms with Crippen LogP contribution in [-0.4, -0.2) is 46.3 Å². The largest absolute Gasteiger partial charge is 0.355 e. The van der Waals surface area contributed by atoms with E-state index < -0.39 is 0 Å². The van der Waals surface area contributed by atoms with Gasteiger partial charge in [-0.15, -0.1) is 0 Å². The molecule has 1 saturated carbocycles. The van der Waals surface area contributed by atoms with Gasteiger partial charge in [-0.3, -0.25) is 5.10 Å². The molecule has 3 aromatic rings. The summed E-state index contributed by atoms with van der Waals surface area (Å²) in [4.78, 5) is 14.2. The van der Waals surface area contributed by atoms with Crippen molar-refractivity contribution in [1.82, 2.24) is 20.2 Å². The van der Waals surface area contributed by atoms with Crippen LogP contribution in [0.2, 0.25) is 0 Å². The van der Waals surface area contributed by atoms with Crippen LogP contribution in [-0.2, 0) is 6.42 Å². The summed E-state index contributed by atoms with van der Waals surface area (Å²) in [6.45, 7) is 5.77. The number of aromatic nitrogens is 4. The second kappa shape index (κ2) is 7.70. The van der Waals surface area contributed by atoms with Gasteiger partial charge in [0.05, 0.1) is 17.8 Å². The Labute approximate surface area is 193 Å². The summed E-state index contributed by atoms with van der Waals surface area (Å²) in [6, 6.07) is 6.49. The van der Waals surface area contributed by atoms with Crippen LogP contribution in [0.1, 0.15) is 61.6 Å².